The van der Waals surface area contributed by atoms with E-state index in [4.69, 9.17) is 10.5 Å². The van der Waals surface area contributed by atoms with Crippen LogP contribution in [0.2, 0.25) is 0 Å². The van der Waals surface area contributed by atoms with Crippen molar-refractivity contribution in [3.8, 4) is 0 Å². The fourth-order valence-corrected chi connectivity index (χ4v) is 2.96. The third-order valence-corrected chi connectivity index (χ3v) is 4.62. The van der Waals surface area contributed by atoms with Gasteiger partial charge in [-0.2, -0.15) is 4.98 Å². The number of hydrogen-bond donors (Lipinski definition) is 2. The van der Waals surface area contributed by atoms with E-state index in [2.05, 4.69) is 41.0 Å². The number of anilines is 4. The van der Waals surface area contributed by atoms with E-state index in [-0.39, 0.29) is 0 Å². The molecule has 0 amide bonds. The summed E-state index contributed by atoms with van der Waals surface area (Å²) < 4.78 is 5.30. The molecule has 1 heterocycles. The van der Waals surface area contributed by atoms with Crippen LogP contribution >= 0.6 is 0 Å². The number of carbonyl (C=O) groups is 1. The lowest BCUT2D eigenvalue weighted by atomic mass is 10.1. The summed E-state index contributed by atoms with van der Waals surface area (Å²) in [6.07, 6.45) is 3.67. The fraction of sp³-hybridized carbons (Fsp3) is 0.500. The highest BCUT2D eigenvalue weighted by Crippen LogP contribution is 2.23. The van der Waals surface area contributed by atoms with Gasteiger partial charge >= 0.3 is 5.97 Å². The summed E-state index contributed by atoms with van der Waals surface area (Å²) in [4.78, 5) is 23.8. The Hall–Kier alpha value is -2.83. The Morgan fingerprint density at radius 2 is 1.86 bits per heavy atom. The van der Waals surface area contributed by atoms with Crippen LogP contribution in [0.3, 0.4) is 0 Å². The first-order valence-electron chi connectivity index (χ1n) is 10.5. The number of aromatic nitrogens is 2. The minimum atomic E-state index is -0.413. The van der Waals surface area contributed by atoms with Crippen LogP contribution in [0.1, 0.15) is 63.0 Å². The number of nitrogens with two attached hydrogens (primary N) is 1. The van der Waals surface area contributed by atoms with Gasteiger partial charge in [0.15, 0.2) is 0 Å². The summed E-state index contributed by atoms with van der Waals surface area (Å²) in [7, 11) is 0. The summed E-state index contributed by atoms with van der Waals surface area (Å²) >= 11 is 0. The second kappa shape index (κ2) is 11.2. The summed E-state index contributed by atoms with van der Waals surface area (Å²) in [5, 5.41) is 3.22. The van der Waals surface area contributed by atoms with E-state index >= 15 is 0 Å². The molecule has 1 aromatic heterocycles. The van der Waals surface area contributed by atoms with Gasteiger partial charge in [-0.15, -0.1) is 0 Å². The molecule has 0 radical (unpaired) electrons. The third kappa shape index (κ3) is 6.34. The lowest BCUT2D eigenvalue weighted by Gasteiger charge is -2.21. The molecule has 1 aromatic carbocycles. The van der Waals surface area contributed by atoms with Crippen molar-refractivity contribution >= 4 is 29.1 Å². The average molecular weight is 400 g/mol. The van der Waals surface area contributed by atoms with Gasteiger partial charge in [0, 0.05) is 36.2 Å². The van der Waals surface area contributed by atoms with Crippen LogP contribution in [0.25, 0.3) is 0 Å². The molecular formula is C22H33N5O2. The van der Waals surface area contributed by atoms with Crippen LogP contribution in [-0.4, -0.2) is 35.6 Å². The van der Waals surface area contributed by atoms with Crippen LogP contribution in [0.5, 0.6) is 0 Å². The number of hydrogen-bond acceptors (Lipinski definition) is 7. The number of nitrogens with one attached hydrogen (secondary N) is 1. The lowest BCUT2D eigenvalue weighted by molar-refractivity contribution is 0.0501. The smallest absolute Gasteiger partial charge is 0.340 e. The van der Waals surface area contributed by atoms with Crippen LogP contribution in [-0.2, 0) is 11.2 Å². The van der Waals surface area contributed by atoms with Gasteiger partial charge in [-0.1, -0.05) is 26.7 Å². The van der Waals surface area contributed by atoms with Crippen LogP contribution in [0.15, 0.2) is 24.3 Å². The molecule has 7 heteroatoms. The Labute approximate surface area is 173 Å². The number of esters is 1. The van der Waals surface area contributed by atoms with Gasteiger partial charge in [0.1, 0.15) is 5.82 Å². The Bertz CT molecular complexity index is 806. The van der Waals surface area contributed by atoms with Gasteiger partial charge in [-0.05, 0) is 44.9 Å². The minimum Gasteiger partial charge on any atom is -0.462 e. The quantitative estimate of drug-likeness (QED) is 0.325. The van der Waals surface area contributed by atoms with Crippen molar-refractivity contribution in [1.82, 2.24) is 9.97 Å². The van der Waals surface area contributed by atoms with Crippen molar-refractivity contribution in [2.75, 3.05) is 35.6 Å². The topological polar surface area (TPSA) is 93.4 Å². The molecule has 0 spiro atoms. The van der Waals surface area contributed by atoms with Crippen molar-refractivity contribution < 1.29 is 9.53 Å². The summed E-state index contributed by atoms with van der Waals surface area (Å²) in [6.45, 7) is 10.5. The zero-order valence-electron chi connectivity index (χ0n) is 18.0. The number of benzene rings is 1. The van der Waals surface area contributed by atoms with E-state index in [1.165, 1.54) is 0 Å². The number of nitrogen functional groups attached to an aromatic ring is 1. The van der Waals surface area contributed by atoms with Gasteiger partial charge in [-0.25, -0.2) is 9.78 Å². The summed E-state index contributed by atoms with van der Waals surface area (Å²) in [6, 6.07) is 7.24. The highest BCUT2D eigenvalue weighted by molar-refractivity contribution is 5.96. The average Bonchev–Trinajstić information content (AvgIpc) is 2.70. The zero-order valence-corrected chi connectivity index (χ0v) is 18.0. The van der Waals surface area contributed by atoms with E-state index in [1.54, 1.807) is 12.1 Å². The Balaban J connectivity index is 2.28. The molecule has 0 fully saturated rings. The number of aryl methyl sites for hydroxylation is 1. The normalized spacial score (nSPS) is 10.6. The molecule has 7 nitrogen and oxygen atoms in total. The molecule has 0 bridgehead atoms. The zero-order chi connectivity index (χ0) is 21.2. The van der Waals surface area contributed by atoms with E-state index in [9.17, 15) is 4.79 Å². The van der Waals surface area contributed by atoms with Crippen molar-refractivity contribution in [1.29, 1.82) is 0 Å². The number of nitrogens with zero attached hydrogens (tertiary/aromatic N) is 3. The Morgan fingerprint density at radius 1 is 1.10 bits per heavy atom. The molecule has 158 valence electrons. The predicted octanol–water partition coefficient (Wildman–Crippen LogP) is 4.56. The molecular weight excluding hydrogens is 366 g/mol. The highest BCUT2D eigenvalue weighted by atomic mass is 16.5. The second-order valence-corrected chi connectivity index (χ2v) is 6.88. The van der Waals surface area contributed by atoms with Crippen molar-refractivity contribution in [3.63, 3.8) is 0 Å². The largest absolute Gasteiger partial charge is 0.462 e. The van der Waals surface area contributed by atoms with Gasteiger partial charge in [-0.3, -0.25) is 0 Å². The van der Waals surface area contributed by atoms with Gasteiger partial charge in [0.2, 0.25) is 5.95 Å². The molecule has 0 aliphatic heterocycles. The summed E-state index contributed by atoms with van der Waals surface area (Å²) in [5.74, 6) is 0.989. The SMILES string of the molecule is CCCCOC(=O)c1cc(Nc2nc(CCC)cc(N(CC)CC)n2)ccc1N. The fourth-order valence-electron chi connectivity index (χ4n) is 2.96. The molecule has 0 saturated heterocycles. The number of rotatable bonds is 11. The monoisotopic (exact) mass is 399 g/mol. The van der Waals surface area contributed by atoms with Crippen LogP contribution in [0, 0.1) is 0 Å². The third-order valence-electron chi connectivity index (χ3n) is 4.62. The standard InChI is InChI=1S/C22H33N5O2/c1-5-9-13-29-21(28)18-14-17(11-12-19(18)23)25-22-24-16(10-6-2)15-20(26-22)27(7-3)8-4/h11-12,14-15H,5-10,13,23H2,1-4H3,(H,24,25,26). The number of carbonyl (C=O) groups excluding carboxylic acids is 1. The first kappa shape index (κ1) is 22.5. The predicted molar refractivity (Wildman–Crippen MR) is 119 cm³/mol. The highest BCUT2D eigenvalue weighted by Gasteiger charge is 2.14. The van der Waals surface area contributed by atoms with E-state index < -0.39 is 5.97 Å². The molecule has 2 rings (SSSR count). The van der Waals surface area contributed by atoms with Gasteiger partial charge in [0.05, 0.1) is 12.2 Å². The molecule has 0 atom stereocenters. The lowest BCUT2D eigenvalue weighted by Crippen LogP contribution is -2.23. The second-order valence-electron chi connectivity index (χ2n) is 6.88. The van der Waals surface area contributed by atoms with Gasteiger partial charge < -0.3 is 20.7 Å². The molecule has 2 aromatic rings. The van der Waals surface area contributed by atoms with E-state index in [0.717, 1.165) is 50.3 Å². The first-order chi connectivity index (χ1) is 14.0. The maximum atomic E-state index is 12.3. The minimum absolute atomic E-state index is 0.347. The molecule has 0 aliphatic carbocycles. The molecule has 0 unspecified atom stereocenters. The number of unbranched alkanes of at least 4 members (excludes halogenated alkanes) is 1. The maximum absolute atomic E-state index is 12.3. The van der Waals surface area contributed by atoms with Crippen molar-refractivity contribution in [3.05, 3.63) is 35.5 Å². The van der Waals surface area contributed by atoms with Crippen molar-refractivity contribution in [2.24, 2.45) is 0 Å². The van der Waals surface area contributed by atoms with E-state index in [1.807, 2.05) is 19.1 Å². The first-order valence-corrected chi connectivity index (χ1v) is 10.5. The maximum Gasteiger partial charge on any atom is 0.340 e. The molecule has 0 aliphatic rings. The van der Waals surface area contributed by atoms with Crippen molar-refractivity contribution in [2.45, 2.75) is 53.4 Å². The molecule has 29 heavy (non-hydrogen) atoms. The van der Waals surface area contributed by atoms with Crippen LogP contribution in [0.4, 0.5) is 23.1 Å². The molecule has 0 saturated carbocycles. The number of ether oxygens (including phenoxy) is 1. The van der Waals surface area contributed by atoms with Gasteiger partial charge in [0.25, 0.3) is 0 Å². The van der Waals surface area contributed by atoms with Crippen LogP contribution < -0.4 is 16.0 Å². The Kier molecular flexibility index (Phi) is 8.70. The van der Waals surface area contributed by atoms with E-state index in [0.29, 0.717) is 29.5 Å². The Morgan fingerprint density at radius 3 is 2.52 bits per heavy atom. The molecule has 3 N–H and O–H groups in total. The summed E-state index contributed by atoms with van der Waals surface area (Å²) in [5.41, 5.74) is 8.41.